The average molecular weight is 416 g/mol. The van der Waals surface area contributed by atoms with E-state index in [1.165, 1.54) is 4.90 Å². The van der Waals surface area contributed by atoms with Crippen molar-refractivity contribution >= 4 is 34.8 Å². The largest absolute Gasteiger partial charge is 0.443 e. The van der Waals surface area contributed by atoms with Gasteiger partial charge in [0.2, 0.25) is 0 Å². The molecule has 0 fully saturated rings. The van der Waals surface area contributed by atoms with Gasteiger partial charge in [0.1, 0.15) is 16.6 Å². The van der Waals surface area contributed by atoms with Crippen molar-refractivity contribution in [2.45, 2.75) is 52.7 Å². The van der Waals surface area contributed by atoms with E-state index in [1.807, 2.05) is 39.0 Å². The number of halogens is 1. The third kappa shape index (κ3) is 4.79. The minimum atomic E-state index is -0.659. The van der Waals surface area contributed by atoms with Crippen molar-refractivity contribution in [2.75, 3.05) is 10.6 Å². The molecule has 0 unspecified atom stereocenters. The zero-order valence-corrected chi connectivity index (χ0v) is 18.1. The quantitative estimate of drug-likeness (QED) is 0.477. The first kappa shape index (κ1) is 20.9. The van der Waals surface area contributed by atoms with E-state index in [2.05, 4.69) is 23.9 Å². The Balaban J connectivity index is 2.14. The standard InChI is InChI=1S/C21H26ClN5O2/c1-13(2)16-11-24-27-18(10-17(22)25-19(16)27)26(20(28)29-21(3,4)5)12-14-7-6-8-15(23)9-14/h6-11,13H,12,23H2,1-5H3. The molecule has 0 saturated carbocycles. The van der Waals surface area contributed by atoms with Gasteiger partial charge in [0.25, 0.3) is 0 Å². The topological polar surface area (TPSA) is 85.8 Å². The van der Waals surface area contributed by atoms with Crippen LogP contribution in [0, 0.1) is 0 Å². The van der Waals surface area contributed by atoms with Crippen LogP contribution in [0.15, 0.2) is 36.5 Å². The van der Waals surface area contributed by atoms with Crippen molar-refractivity contribution < 1.29 is 9.53 Å². The maximum absolute atomic E-state index is 13.1. The Morgan fingerprint density at radius 1 is 1.31 bits per heavy atom. The lowest BCUT2D eigenvalue weighted by Crippen LogP contribution is -2.37. The summed E-state index contributed by atoms with van der Waals surface area (Å²) in [7, 11) is 0. The average Bonchev–Trinajstić information content (AvgIpc) is 3.01. The number of hydrogen-bond donors (Lipinski definition) is 1. The van der Waals surface area contributed by atoms with Crippen molar-refractivity contribution in [1.29, 1.82) is 0 Å². The number of nitrogen functional groups attached to an aromatic ring is 1. The molecular weight excluding hydrogens is 390 g/mol. The number of hydrogen-bond acceptors (Lipinski definition) is 5. The Morgan fingerprint density at radius 2 is 2.03 bits per heavy atom. The number of amides is 1. The van der Waals surface area contributed by atoms with Crippen LogP contribution in [-0.2, 0) is 11.3 Å². The van der Waals surface area contributed by atoms with Gasteiger partial charge in [0.05, 0.1) is 12.7 Å². The number of ether oxygens (including phenoxy) is 1. The molecule has 2 N–H and O–H groups in total. The Bertz CT molecular complexity index is 1040. The number of fused-ring (bicyclic) bond motifs is 1. The van der Waals surface area contributed by atoms with Crippen LogP contribution in [0.25, 0.3) is 5.65 Å². The minimum Gasteiger partial charge on any atom is -0.443 e. The molecule has 29 heavy (non-hydrogen) atoms. The summed E-state index contributed by atoms with van der Waals surface area (Å²) in [6.45, 7) is 9.82. The summed E-state index contributed by atoms with van der Waals surface area (Å²) in [6, 6.07) is 8.97. The second kappa shape index (κ2) is 7.91. The van der Waals surface area contributed by atoms with Gasteiger partial charge in [-0.3, -0.25) is 4.90 Å². The van der Waals surface area contributed by atoms with E-state index in [1.54, 1.807) is 22.8 Å². The molecule has 0 aliphatic heterocycles. The monoisotopic (exact) mass is 415 g/mol. The van der Waals surface area contributed by atoms with Crippen LogP contribution in [0.1, 0.15) is 51.7 Å². The van der Waals surface area contributed by atoms with Crippen LogP contribution >= 0.6 is 11.6 Å². The molecule has 8 heteroatoms. The molecule has 2 aromatic heterocycles. The van der Waals surface area contributed by atoms with Crippen LogP contribution in [0.3, 0.4) is 0 Å². The number of rotatable bonds is 4. The second-order valence-electron chi connectivity index (χ2n) is 8.24. The number of anilines is 2. The number of carbonyl (C=O) groups is 1. The van der Waals surface area contributed by atoms with Crippen LogP contribution in [-0.4, -0.2) is 26.3 Å². The Labute approximate surface area is 175 Å². The molecule has 154 valence electrons. The van der Waals surface area contributed by atoms with E-state index in [9.17, 15) is 4.79 Å². The van der Waals surface area contributed by atoms with E-state index < -0.39 is 11.7 Å². The van der Waals surface area contributed by atoms with Crippen molar-refractivity contribution in [2.24, 2.45) is 0 Å². The number of aromatic nitrogens is 3. The molecule has 0 bridgehead atoms. The fourth-order valence-electron chi connectivity index (χ4n) is 2.97. The predicted octanol–water partition coefficient (Wildman–Crippen LogP) is 5.03. The van der Waals surface area contributed by atoms with Crippen LogP contribution in [0.4, 0.5) is 16.3 Å². The lowest BCUT2D eigenvalue weighted by Gasteiger charge is -2.28. The van der Waals surface area contributed by atoms with Gasteiger partial charge in [-0.15, -0.1) is 0 Å². The Kier molecular flexibility index (Phi) is 5.71. The van der Waals surface area contributed by atoms with E-state index >= 15 is 0 Å². The first-order chi connectivity index (χ1) is 13.5. The summed E-state index contributed by atoms with van der Waals surface area (Å²) < 4.78 is 7.27. The maximum Gasteiger partial charge on any atom is 0.416 e. The fourth-order valence-corrected chi connectivity index (χ4v) is 3.14. The number of nitrogens with two attached hydrogens (primary N) is 1. The third-order valence-corrected chi connectivity index (χ3v) is 4.45. The highest BCUT2D eigenvalue weighted by Crippen LogP contribution is 2.28. The van der Waals surface area contributed by atoms with Crippen molar-refractivity contribution in [1.82, 2.24) is 14.6 Å². The summed E-state index contributed by atoms with van der Waals surface area (Å²) >= 11 is 6.32. The predicted molar refractivity (Wildman–Crippen MR) is 115 cm³/mol. The molecule has 0 saturated heterocycles. The number of nitrogens with zero attached hydrogens (tertiary/aromatic N) is 4. The highest BCUT2D eigenvalue weighted by atomic mass is 35.5. The first-order valence-electron chi connectivity index (χ1n) is 9.44. The molecule has 1 aromatic carbocycles. The summed E-state index contributed by atoms with van der Waals surface area (Å²) in [5.41, 5.74) is 8.29. The second-order valence-corrected chi connectivity index (χ2v) is 8.63. The van der Waals surface area contributed by atoms with Gasteiger partial charge in [0.15, 0.2) is 5.65 Å². The lowest BCUT2D eigenvalue weighted by molar-refractivity contribution is 0.0575. The smallest absolute Gasteiger partial charge is 0.416 e. The minimum absolute atomic E-state index is 0.204. The van der Waals surface area contributed by atoms with E-state index in [0.717, 1.165) is 11.1 Å². The normalized spacial score (nSPS) is 11.8. The number of carbonyl (C=O) groups excluding carboxylic acids is 1. The molecule has 0 aliphatic rings. The van der Waals surface area contributed by atoms with Gasteiger partial charge < -0.3 is 10.5 Å². The summed E-state index contributed by atoms with van der Waals surface area (Å²) in [4.78, 5) is 19.0. The molecule has 0 spiro atoms. The number of benzene rings is 1. The van der Waals surface area contributed by atoms with Crippen LogP contribution in [0.5, 0.6) is 0 Å². The molecule has 1 amide bonds. The van der Waals surface area contributed by atoms with Gasteiger partial charge in [-0.25, -0.2) is 9.78 Å². The van der Waals surface area contributed by atoms with Gasteiger partial charge in [0, 0.05) is 17.3 Å². The maximum atomic E-state index is 13.1. The summed E-state index contributed by atoms with van der Waals surface area (Å²) in [5, 5.41) is 4.74. The van der Waals surface area contributed by atoms with Crippen molar-refractivity contribution in [3.05, 3.63) is 52.8 Å². The Hall–Kier alpha value is -2.80. The molecule has 0 aliphatic carbocycles. The zero-order valence-electron chi connectivity index (χ0n) is 17.3. The van der Waals surface area contributed by atoms with E-state index in [4.69, 9.17) is 22.1 Å². The molecule has 0 atom stereocenters. The zero-order chi connectivity index (χ0) is 21.3. The van der Waals surface area contributed by atoms with Crippen molar-refractivity contribution in [3.8, 4) is 0 Å². The van der Waals surface area contributed by atoms with E-state index in [0.29, 0.717) is 17.2 Å². The third-order valence-electron chi connectivity index (χ3n) is 4.25. The van der Waals surface area contributed by atoms with E-state index in [-0.39, 0.29) is 17.6 Å². The Morgan fingerprint density at radius 3 is 2.66 bits per heavy atom. The van der Waals surface area contributed by atoms with Gasteiger partial charge in [-0.1, -0.05) is 37.6 Å². The van der Waals surface area contributed by atoms with Gasteiger partial charge in [-0.05, 0) is 44.4 Å². The highest BCUT2D eigenvalue weighted by Gasteiger charge is 2.27. The molecule has 3 aromatic rings. The van der Waals surface area contributed by atoms with Gasteiger partial charge >= 0.3 is 6.09 Å². The van der Waals surface area contributed by atoms with Crippen LogP contribution < -0.4 is 10.6 Å². The van der Waals surface area contributed by atoms with Gasteiger partial charge in [-0.2, -0.15) is 9.61 Å². The highest BCUT2D eigenvalue weighted by molar-refractivity contribution is 6.29. The SMILES string of the molecule is CC(C)c1cnn2c(N(Cc3cccc(N)c3)C(=O)OC(C)(C)C)cc(Cl)nc12. The molecule has 3 rings (SSSR count). The van der Waals surface area contributed by atoms with Crippen molar-refractivity contribution in [3.63, 3.8) is 0 Å². The summed E-state index contributed by atoms with van der Waals surface area (Å²) in [6.07, 6.45) is 1.24. The molecule has 7 nitrogen and oxygen atoms in total. The lowest BCUT2D eigenvalue weighted by atomic mass is 10.1. The molecule has 0 radical (unpaired) electrons. The fraction of sp³-hybridized carbons (Fsp3) is 0.381. The molecule has 2 heterocycles. The molecular formula is C21H26ClN5O2. The summed E-state index contributed by atoms with van der Waals surface area (Å²) in [5.74, 6) is 0.679. The van der Waals surface area contributed by atoms with Crippen LogP contribution in [0.2, 0.25) is 5.15 Å². The first-order valence-corrected chi connectivity index (χ1v) is 9.82.